The summed E-state index contributed by atoms with van der Waals surface area (Å²) in [5, 5.41) is 27.7. The molecule has 5 heterocycles. The van der Waals surface area contributed by atoms with E-state index in [0.717, 1.165) is 39.4 Å². The van der Waals surface area contributed by atoms with Crippen LogP contribution in [0.4, 0.5) is 5.82 Å². The van der Waals surface area contributed by atoms with Crippen LogP contribution in [0.1, 0.15) is 11.1 Å². The number of aromatic nitrogens is 5. The summed E-state index contributed by atoms with van der Waals surface area (Å²) < 4.78 is 26.6. The van der Waals surface area contributed by atoms with Crippen molar-refractivity contribution in [2.45, 2.75) is 13.1 Å². The summed E-state index contributed by atoms with van der Waals surface area (Å²) in [4.78, 5) is 6.88. The summed E-state index contributed by atoms with van der Waals surface area (Å²) in [5.41, 5.74) is 5.61. The average Bonchev–Trinajstić information content (AvgIpc) is 3.68. The summed E-state index contributed by atoms with van der Waals surface area (Å²) >= 11 is 0. The van der Waals surface area contributed by atoms with Gasteiger partial charge in [-0.1, -0.05) is 12.1 Å². The molecule has 1 aliphatic heterocycles. The number of methoxy groups -OCH3 is 1. The molecular weight excluding hydrogens is 552 g/mol. The Morgan fingerprint density at radius 1 is 1.02 bits per heavy atom. The number of fused-ring (bicyclic) bond motifs is 1. The standard InChI is InChI=1S/C30H30N8O3S/c1-41-27-5-2-22(3-6-27)16-35-42(40)12-9-36(10-13-42)29-7-4-23(17-32-29)28-14-24(26-19-33-37(20-26)8-11-39)21-38-30(28)25(15-31)18-34-38/h2-7,14,17-21,39H,8-13,16H2,1H3. The maximum Gasteiger partial charge on any atom is 0.128 e. The molecule has 5 aromatic rings. The SMILES string of the molecule is COc1ccc(CN=S2(=O)CCN(c3ccc(-c4cc(-c5cnn(CCO)c5)cn5ncc(C#N)c45)cn3)CC2)cc1. The first-order chi connectivity index (χ1) is 20.5. The molecule has 0 bridgehead atoms. The number of aliphatic hydroxyl groups excluding tert-OH is 1. The third-order valence-corrected chi connectivity index (χ3v) is 9.65. The molecule has 0 aliphatic carbocycles. The van der Waals surface area contributed by atoms with Gasteiger partial charge in [-0.25, -0.2) is 18.1 Å². The molecule has 1 N–H and O–H groups in total. The van der Waals surface area contributed by atoms with Crippen LogP contribution in [-0.4, -0.2) is 72.0 Å². The number of ether oxygens (including phenoxy) is 1. The predicted octanol–water partition coefficient (Wildman–Crippen LogP) is 3.62. The molecule has 4 aromatic heterocycles. The smallest absolute Gasteiger partial charge is 0.128 e. The lowest BCUT2D eigenvalue weighted by Gasteiger charge is -2.29. The summed E-state index contributed by atoms with van der Waals surface area (Å²) in [5.74, 6) is 2.57. The van der Waals surface area contributed by atoms with Gasteiger partial charge in [-0.15, -0.1) is 0 Å². The molecule has 0 unspecified atom stereocenters. The van der Waals surface area contributed by atoms with Crippen LogP contribution in [0.2, 0.25) is 0 Å². The van der Waals surface area contributed by atoms with Crippen LogP contribution < -0.4 is 9.64 Å². The molecule has 0 saturated carbocycles. The van der Waals surface area contributed by atoms with Crippen LogP contribution in [0.25, 0.3) is 27.8 Å². The van der Waals surface area contributed by atoms with Gasteiger partial charge in [0, 0.05) is 65.4 Å². The van der Waals surface area contributed by atoms with Gasteiger partial charge < -0.3 is 14.7 Å². The zero-order valence-electron chi connectivity index (χ0n) is 23.1. The van der Waals surface area contributed by atoms with E-state index in [9.17, 15) is 14.6 Å². The molecule has 1 fully saturated rings. The van der Waals surface area contributed by atoms with E-state index in [2.05, 4.69) is 25.5 Å². The van der Waals surface area contributed by atoms with E-state index in [1.807, 2.05) is 54.9 Å². The van der Waals surface area contributed by atoms with Gasteiger partial charge in [0.1, 0.15) is 17.6 Å². The number of nitriles is 1. The molecule has 1 aliphatic rings. The highest BCUT2D eigenvalue weighted by atomic mass is 32.2. The number of nitrogens with zero attached hydrogens (tertiary/aromatic N) is 8. The van der Waals surface area contributed by atoms with Crippen molar-refractivity contribution >= 4 is 21.1 Å². The Bertz CT molecular complexity index is 1870. The largest absolute Gasteiger partial charge is 0.497 e. The number of anilines is 1. The van der Waals surface area contributed by atoms with E-state index in [-0.39, 0.29) is 6.61 Å². The van der Waals surface area contributed by atoms with Crippen molar-refractivity contribution in [1.82, 2.24) is 24.4 Å². The van der Waals surface area contributed by atoms with Crippen LogP contribution in [-0.2, 0) is 22.8 Å². The van der Waals surface area contributed by atoms with Crippen molar-refractivity contribution in [2.75, 3.05) is 43.2 Å². The van der Waals surface area contributed by atoms with Crippen LogP contribution in [0.3, 0.4) is 0 Å². The fourth-order valence-electron chi connectivity index (χ4n) is 5.05. The van der Waals surface area contributed by atoms with Crippen molar-refractivity contribution in [3.05, 3.63) is 84.6 Å². The average molecular weight is 583 g/mol. The van der Waals surface area contributed by atoms with Crippen molar-refractivity contribution in [3.8, 4) is 34.1 Å². The van der Waals surface area contributed by atoms with E-state index < -0.39 is 9.73 Å². The molecule has 1 saturated heterocycles. The minimum absolute atomic E-state index is 0.000698. The maximum absolute atomic E-state index is 13.4. The molecule has 1 aromatic carbocycles. The summed E-state index contributed by atoms with van der Waals surface area (Å²) in [6, 6.07) is 15.9. The monoisotopic (exact) mass is 582 g/mol. The highest BCUT2D eigenvalue weighted by Crippen LogP contribution is 2.32. The second-order valence-electron chi connectivity index (χ2n) is 10.0. The Balaban J connectivity index is 1.22. The van der Waals surface area contributed by atoms with Crippen molar-refractivity contribution in [2.24, 2.45) is 4.36 Å². The summed E-state index contributed by atoms with van der Waals surface area (Å²) in [7, 11) is -0.661. The minimum Gasteiger partial charge on any atom is -0.497 e. The predicted molar refractivity (Wildman–Crippen MR) is 161 cm³/mol. The Kier molecular flexibility index (Phi) is 7.60. The molecule has 11 nitrogen and oxygen atoms in total. The number of aliphatic hydroxyl groups is 1. The second kappa shape index (κ2) is 11.6. The molecule has 0 amide bonds. The molecule has 12 heteroatoms. The molecule has 214 valence electrons. The van der Waals surface area contributed by atoms with Crippen LogP contribution in [0.15, 0.2) is 77.8 Å². The first-order valence-electron chi connectivity index (χ1n) is 13.6. The molecular formula is C30H30N8O3S. The molecule has 0 radical (unpaired) electrons. The maximum atomic E-state index is 13.4. The summed E-state index contributed by atoms with van der Waals surface area (Å²) in [6.07, 6.45) is 8.85. The first-order valence-corrected chi connectivity index (χ1v) is 15.4. The quantitative estimate of drug-likeness (QED) is 0.293. The Morgan fingerprint density at radius 3 is 2.52 bits per heavy atom. The summed E-state index contributed by atoms with van der Waals surface area (Å²) in [6.45, 7) is 2.04. The van der Waals surface area contributed by atoms with Crippen molar-refractivity contribution < 1.29 is 14.1 Å². The lowest BCUT2D eigenvalue weighted by Crippen LogP contribution is -2.40. The Labute approximate surface area is 243 Å². The molecule has 0 spiro atoms. The zero-order valence-corrected chi connectivity index (χ0v) is 23.9. The van der Waals surface area contributed by atoms with Gasteiger partial charge in [-0.3, -0.25) is 4.68 Å². The lowest BCUT2D eigenvalue weighted by atomic mass is 10.0. The van der Waals surface area contributed by atoms with Gasteiger partial charge in [0.25, 0.3) is 0 Å². The normalized spacial score (nSPS) is 14.5. The molecule has 6 rings (SSSR count). The highest BCUT2D eigenvalue weighted by Gasteiger charge is 2.22. The van der Waals surface area contributed by atoms with Crippen LogP contribution >= 0.6 is 0 Å². The van der Waals surface area contributed by atoms with Crippen molar-refractivity contribution in [3.63, 3.8) is 0 Å². The zero-order chi connectivity index (χ0) is 29.1. The number of pyridine rings is 2. The number of hydrogen-bond acceptors (Lipinski definition) is 9. The highest BCUT2D eigenvalue weighted by molar-refractivity contribution is 7.93. The van der Waals surface area contributed by atoms with E-state index >= 15 is 0 Å². The number of hydrogen-bond donors (Lipinski definition) is 1. The topological polar surface area (TPSA) is 134 Å². The van der Waals surface area contributed by atoms with E-state index in [4.69, 9.17) is 9.72 Å². The number of rotatable bonds is 8. The van der Waals surface area contributed by atoms with Crippen LogP contribution in [0.5, 0.6) is 5.75 Å². The van der Waals surface area contributed by atoms with Gasteiger partial charge in [-0.2, -0.15) is 15.5 Å². The van der Waals surface area contributed by atoms with E-state index in [1.54, 1.807) is 34.9 Å². The third-order valence-electron chi connectivity index (χ3n) is 7.41. The Hall–Kier alpha value is -4.73. The van der Waals surface area contributed by atoms with E-state index in [1.165, 1.54) is 0 Å². The second-order valence-corrected chi connectivity index (χ2v) is 12.6. The van der Waals surface area contributed by atoms with Crippen molar-refractivity contribution in [1.29, 1.82) is 5.26 Å². The fourth-order valence-corrected chi connectivity index (χ4v) is 6.91. The first kappa shape index (κ1) is 27.4. The van der Waals surface area contributed by atoms with Gasteiger partial charge in [0.2, 0.25) is 0 Å². The molecule has 42 heavy (non-hydrogen) atoms. The Morgan fingerprint density at radius 2 is 1.83 bits per heavy atom. The fraction of sp³-hybridized carbons (Fsp3) is 0.267. The third kappa shape index (κ3) is 5.57. The van der Waals surface area contributed by atoms with Gasteiger partial charge >= 0.3 is 0 Å². The lowest BCUT2D eigenvalue weighted by molar-refractivity contribution is 0.269. The van der Waals surface area contributed by atoms with Gasteiger partial charge in [0.05, 0.1) is 60.0 Å². The molecule has 0 atom stereocenters. The minimum atomic E-state index is -2.29. The number of benzene rings is 1. The van der Waals surface area contributed by atoms with Crippen LogP contribution in [0, 0.1) is 11.3 Å². The van der Waals surface area contributed by atoms with Gasteiger partial charge in [0.15, 0.2) is 0 Å². The van der Waals surface area contributed by atoms with Gasteiger partial charge in [-0.05, 0) is 35.9 Å². The van der Waals surface area contributed by atoms with E-state index in [0.29, 0.717) is 48.8 Å².